The molecular weight excluding hydrogens is 412 g/mol. The van der Waals surface area contributed by atoms with Crippen LogP contribution in [-0.2, 0) is 6.54 Å². The van der Waals surface area contributed by atoms with Gasteiger partial charge in [0, 0.05) is 42.0 Å². The van der Waals surface area contributed by atoms with Gasteiger partial charge in [-0.1, -0.05) is 41.6 Å². The van der Waals surface area contributed by atoms with E-state index in [-0.39, 0.29) is 0 Å². The van der Waals surface area contributed by atoms with Crippen molar-refractivity contribution in [3.8, 4) is 28.6 Å². The molecule has 1 aliphatic heterocycles. The van der Waals surface area contributed by atoms with Crippen molar-refractivity contribution in [3.05, 3.63) is 84.2 Å². The highest BCUT2D eigenvalue weighted by Gasteiger charge is 2.21. The van der Waals surface area contributed by atoms with Gasteiger partial charge in [0.15, 0.2) is 0 Å². The number of hydrogen-bond acceptors (Lipinski definition) is 6. The first-order chi connectivity index (χ1) is 16.2. The lowest BCUT2D eigenvalue weighted by Gasteiger charge is -2.32. The van der Waals surface area contributed by atoms with Crippen molar-refractivity contribution >= 4 is 0 Å². The van der Waals surface area contributed by atoms with Gasteiger partial charge >= 0.3 is 0 Å². The maximum atomic E-state index is 6.18. The number of ether oxygens (including phenoxy) is 1. The molecule has 0 saturated carbocycles. The quantitative estimate of drug-likeness (QED) is 0.383. The van der Waals surface area contributed by atoms with Crippen LogP contribution in [0.4, 0.5) is 0 Å². The monoisotopic (exact) mass is 440 g/mol. The topological polar surface area (TPSA) is 64.3 Å². The molecular formula is C27H28N4O2. The second-order valence-corrected chi connectivity index (χ2v) is 8.68. The minimum Gasteiger partial charge on any atom is -0.493 e. The van der Waals surface area contributed by atoms with Crippen molar-refractivity contribution in [1.29, 1.82) is 0 Å². The Labute approximate surface area is 194 Å². The summed E-state index contributed by atoms with van der Waals surface area (Å²) in [4.78, 5) is 11.4. The van der Waals surface area contributed by atoms with E-state index in [1.165, 1.54) is 18.4 Å². The normalized spacial score (nSPS) is 16.6. The molecule has 1 unspecified atom stereocenters. The third kappa shape index (κ3) is 5.46. The summed E-state index contributed by atoms with van der Waals surface area (Å²) >= 11 is 0. The Hall–Kier alpha value is -3.51. The Balaban J connectivity index is 1.20. The number of nitrogens with zero attached hydrogens (tertiary/aromatic N) is 4. The summed E-state index contributed by atoms with van der Waals surface area (Å²) in [5, 5.41) is 4.11. The van der Waals surface area contributed by atoms with E-state index in [9.17, 15) is 0 Å². The van der Waals surface area contributed by atoms with E-state index in [0.717, 1.165) is 42.2 Å². The second-order valence-electron chi connectivity index (χ2n) is 8.68. The van der Waals surface area contributed by atoms with Crippen LogP contribution in [0.25, 0.3) is 22.8 Å². The number of likely N-dealkylation sites (tertiary alicyclic amines) is 1. The maximum Gasteiger partial charge on any atom is 0.258 e. The molecule has 0 amide bonds. The molecule has 1 aliphatic rings. The number of hydrogen-bond donors (Lipinski definition) is 0. The predicted octanol–water partition coefficient (Wildman–Crippen LogP) is 5.40. The van der Waals surface area contributed by atoms with Crippen LogP contribution in [0.1, 0.15) is 24.1 Å². The summed E-state index contributed by atoms with van der Waals surface area (Å²) in [5.41, 5.74) is 4.00. The van der Waals surface area contributed by atoms with E-state index in [0.29, 0.717) is 24.2 Å². The third-order valence-corrected chi connectivity index (χ3v) is 6.01. The molecule has 5 rings (SSSR count). The van der Waals surface area contributed by atoms with Gasteiger partial charge in [0.05, 0.1) is 6.61 Å². The standard InChI is InChI=1S/C27H28N4O2/c1-20-12-13-24(16-28-20)26-29-27(33-30-26)23-10-5-11-25(15-23)32-19-22-9-6-14-31(18-22)17-21-7-3-2-4-8-21/h2-5,7-8,10-13,15-16,22H,6,9,14,17-19H2,1H3. The van der Waals surface area contributed by atoms with Gasteiger partial charge in [-0.2, -0.15) is 4.98 Å². The van der Waals surface area contributed by atoms with Gasteiger partial charge in [0.25, 0.3) is 5.89 Å². The lowest BCUT2D eigenvalue weighted by molar-refractivity contribution is 0.125. The average Bonchev–Trinajstić information content (AvgIpc) is 3.35. The highest BCUT2D eigenvalue weighted by molar-refractivity contribution is 5.60. The Kier molecular flexibility index (Phi) is 6.44. The lowest BCUT2D eigenvalue weighted by Crippen LogP contribution is -2.37. The number of aromatic nitrogens is 3. The number of pyridine rings is 1. The van der Waals surface area contributed by atoms with Gasteiger partial charge in [0.1, 0.15) is 5.75 Å². The highest BCUT2D eigenvalue weighted by atomic mass is 16.5. The average molecular weight is 441 g/mol. The van der Waals surface area contributed by atoms with Crippen LogP contribution in [0.2, 0.25) is 0 Å². The molecule has 33 heavy (non-hydrogen) atoms. The van der Waals surface area contributed by atoms with E-state index in [4.69, 9.17) is 9.26 Å². The number of rotatable bonds is 7. The maximum absolute atomic E-state index is 6.18. The van der Waals surface area contributed by atoms with E-state index < -0.39 is 0 Å². The van der Waals surface area contributed by atoms with Crippen LogP contribution in [0, 0.1) is 12.8 Å². The fourth-order valence-corrected chi connectivity index (χ4v) is 4.26. The summed E-state index contributed by atoms with van der Waals surface area (Å²) in [6, 6.07) is 22.4. The van der Waals surface area contributed by atoms with Gasteiger partial charge in [-0.05, 0) is 62.2 Å². The zero-order valence-corrected chi connectivity index (χ0v) is 18.9. The van der Waals surface area contributed by atoms with Gasteiger partial charge in [-0.15, -0.1) is 0 Å². The summed E-state index contributed by atoms with van der Waals surface area (Å²) in [6.45, 7) is 5.87. The number of aryl methyl sites for hydroxylation is 1. The lowest BCUT2D eigenvalue weighted by atomic mass is 9.98. The third-order valence-electron chi connectivity index (χ3n) is 6.01. The summed E-state index contributed by atoms with van der Waals surface area (Å²) in [6.07, 6.45) is 4.16. The Bertz CT molecular complexity index is 1170. The fourth-order valence-electron chi connectivity index (χ4n) is 4.26. The molecule has 6 nitrogen and oxygen atoms in total. The molecule has 1 fully saturated rings. The molecule has 0 radical (unpaired) electrons. The summed E-state index contributed by atoms with van der Waals surface area (Å²) < 4.78 is 11.7. The van der Waals surface area contributed by atoms with Crippen molar-refractivity contribution in [2.24, 2.45) is 5.92 Å². The van der Waals surface area contributed by atoms with Gasteiger partial charge in [-0.25, -0.2) is 0 Å². The molecule has 168 valence electrons. The van der Waals surface area contributed by atoms with Crippen molar-refractivity contribution in [1.82, 2.24) is 20.0 Å². The number of benzene rings is 2. The summed E-state index contributed by atoms with van der Waals surface area (Å²) in [7, 11) is 0. The van der Waals surface area contributed by atoms with Crippen LogP contribution in [-0.4, -0.2) is 39.7 Å². The molecule has 1 atom stereocenters. The van der Waals surface area contributed by atoms with Crippen LogP contribution >= 0.6 is 0 Å². The zero-order chi connectivity index (χ0) is 22.5. The SMILES string of the molecule is Cc1ccc(-c2noc(-c3cccc(OCC4CCCN(Cc5ccccc5)C4)c3)n2)cn1. The van der Waals surface area contributed by atoms with E-state index in [1.54, 1.807) is 6.20 Å². The van der Waals surface area contributed by atoms with E-state index in [2.05, 4.69) is 50.4 Å². The summed E-state index contributed by atoms with van der Waals surface area (Å²) in [5.74, 6) is 2.35. The van der Waals surface area contributed by atoms with Crippen molar-refractivity contribution < 1.29 is 9.26 Å². The predicted molar refractivity (Wildman–Crippen MR) is 128 cm³/mol. The van der Waals surface area contributed by atoms with Gasteiger partial charge in [0.2, 0.25) is 5.82 Å². The highest BCUT2D eigenvalue weighted by Crippen LogP contribution is 2.26. The van der Waals surface area contributed by atoms with Crippen LogP contribution in [0.15, 0.2) is 77.4 Å². The minimum absolute atomic E-state index is 0.475. The van der Waals surface area contributed by atoms with Crippen molar-refractivity contribution in [2.45, 2.75) is 26.3 Å². The molecule has 2 aromatic heterocycles. The molecule has 0 bridgehead atoms. The first-order valence-corrected chi connectivity index (χ1v) is 11.5. The fraction of sp³-hybridized carbons (Fsp3) is 0.296. The van der Waals surface area contributed by atoms with Gasteiger partial charge in [-0.3, -0.25) is 9.88 Å². The van der Waals surface area contributed by atoms with Crippen molar-refractivity contribution in [2.75, 3.05) is 19.7 Å². The van der Waals surface area contributed by atoms with Crippen LogP contribution in [0.3, 0.4) is 0 Å². The molecule has 0 aliphatic carbocycles. The largest absolute Gasteiger partial charge is 0.493 e. The smallest absolute Gasteiger partial charge is 0.258 e. The minimum atomic E-state index is 0.475. The first-order valence-electron chi connectivity index (χ1n) is 11.5. The Morgan fingerprint density at radius 1 is 1.03 bits per heavy atom. The molecule has 1 saturated heterocycles. The Morgan fingerprint density at radius 3 is 2.79 bits per heavy atom. The molecule has 0 N–H and O–H groups in total. The molecule has 2 aromatic carbocycles. The van der Waals surface area contributed by atoms with E-state index in [1.807, 2.05) is 43.3 Å². The van der Waals surface area contributed by atoms with Gasteiger partial charge < -0.3 is 9.26 Å². The molecule has 6 heteroatoms. The second kappa shape index (κ2) is 9.96. The molecule has 0 spiro atoms. The van der Waals surface area contributed by atoms with Crippen LogP contribution in [0.5, 0.6) is 5.75 Å². The molecule has 4 aromatic rings. The zero-order valence-electron chi connectivity index (χ0n) is 18.9. The van der Waals surface area contributed by atoms with Crippen molar-refractivity contribution in [3.63, 3.8) is 0 Å². The number of piperidine rings is 1. The Morgan fingerprint density at radius 2 is 1.94 bits per heavy atom. The molecule has 3 heterocycles. The van der Waals surface area contributed by atoms with Crippen LogP contribution < -0.4 is 4.74 Å². The van der Waals surface area contributed by atoms with E-state index >= 15 is 0 Å². The first kappa shape index (κ1) is 21.3.